The molecule has 0 saturated heterocycles. The first-order valence-corrected chi connectivity index (χ1v) is 11.1. The van der Waals surface area contributed by atoms with Crippen LogP contribution in [0, 0.1) is 5.92 Å². The van der Waals surface area contributed by atoms with Crippen LogP contribution in [0.4, 0.5) is 5.82 Å². The van der Waals surface area contributed by atoms with Crippen molar-refractivity contribution in [3.05, 3.63) is 64.6 Å². The monoisotopic (exact) mass is 463 g/mol. The third-order valence-electron chi connectivity index (χ3n) is 6.20. The van der Waals surface area contributed by atoms with Crippen LogP contribution in [-0.4, -0.2) is 38.0 Å². The largest absolute Gasteiger partial charge is 0.493 e. The molecular formula is C26H29N3O5. The summed E-state index contributed by atoms with van der Waals surface area (Å²) in [6.07, 6.45) is 2.77. The number of nitrogens with zero attached hydrogens (tertiary/aromatic N) is 1. The molecule has 8 heteroatoms. The van der Waals surface area contributed by atoms with Crippen molar-refractivity contribution in [2.45, 2.75) is 32.6 Å². The second kappa shape index (κ2) is 9.59. The van der Waals surface area contributed by atoms with Crippen LogP contribution < -0.4 is 24.8 Å². The maximum absolute atomic E-state index is 13.6. The van der Waals surface area contributed by atoms with Crippen molar-refractivity contribution in [3.8, 4) is 17.2 Å². The topological polar surface area (TPSA) is 98.8 Å². The number of ether oxygens (including phenoxy) is 3. The highest BCUT2D eigenvalue weighted by molar-refractivity contribution is 6.09. The summed E-state index contributed by atoms with van der Waals surface area (Å²) >= 11 is 0. The zero-order valence-corrected chi connectivity index (χ0v) is 20.0. The fourth-order valence-electron chi connectivity index (χ4n) is 4.76. The van der Waals surface area contributed by atoms with Crippen molar-refractivity contribution in [1.82, 2.24) is 10.3 Å². The lowest BCUT2D eigenvalue weighted by Gasteiger charge is -2.36. The number of dihydropyridines is 1. The predicted octanol–water partition coefficient (Wildman–Crippen LogP) is 3.96. The van der Waals surface area contributed by atoms with Crippen LogP contribution >= 0.6 is 0 Å². The van der Waals surface area contributed by atoms with Crippen molar-refractivity contribution < 1.29 is 23.8 Å². The summed E-state index contributed by atoms with van der Waals surface area (Å²) in [4.78, 5) is 31.1. The molecule has 2 atom stereocenters. The Morgan fingerprint density at radius 3 is 2.38 bits per heavy atom. The van der Waals surface area contributed by atoms with E-state index in [1.54, 1.807) is 36.5 Å². The molecule has 0 saturated carbocycles. The number of anilines is 1. The lowest BCUT2D eigenvalue weighted by Crippen LogP contribution is -2.37. The zero-order valence-electron chi connectivity index (χ0n) is 20.0. The number of benzene rings is 1. The van der Waals surface area contributed by atoms with Crippen LogP contribution in [0.2, 0.25) is 0 Å². The van der Waals surface area contributed by atoms with Gasteiger partial charge in [-0.3, -0.25) is 9.59 Å². The maximum atomic E-state index is 13.6. The Morgan fingerprint density at radius 1 is 1.09 bits per heavy atom. The van der Waals surface area contributed by atoms with Crippen molar-refractivity contribution >= 4 is 17.5 Å². The number of aromatic nitrogens is 1. The third kappa shape index (κ3) is 4.23. The number of hydrogen-bond acceptors (Lipinski definition) is 7. The molecule has 0 unspecified atom stereocenters. The highest BCUT2D eigenvalue weighted by Gasteiger charge is 2.40. The Morgan fingerprint density at radius 2 is 1.79 bits per heavy atom. The Hall–Kier alpha value is -3.81. The molecule has 1 aliphatic heterocycles. The van der Waals surface area contributed by atoms with Gasteiger partial charge in [0.15, 0.2) is 17.3 Å². The van der Waals surface area contributed by atoms with E-state index < -0.39 is 5.92 Å². The predicted molar refractivity (Wildman–Crippen MR) is 128 cm³/mol. The molecule has 0 fully saturated rings. The van der Waals surface area contributed by atoms with Crippen molar-refractivity contribution in [2.24, 2.45) is 5.92 Å². The maximum Gasteiger partial charge on any atom is 0.255 e. The van der Waals surface area contributed by atoms with Gasteiger partial charge in [-0.05, 0) is 49.1 Å². The van der Waals surface area contributed by atoms with Gasteiger partial charge in [0.1, 0.15) is 5.82 Å². The number of methoxy groups -OCH3 is 3. The van der Waals surface area contributed by atoms with Gasteiger partial charge in [0.25, 0.3) is 5.91 Å². The average molecular weight is 464 g/mol. The molecule has 2 N–H and O–H groups in total. The number of Topliss-reactive ketones (excluding diaryl/α,β-unsaturated/α-hetero) is 1. The number of carbonyl (C=O) groups excluding carboxylic acids is 2. The van der Waals surface area contributed by atoms with Crippen molar-refractivity contribution in [3.63, 3.8) is 0 Å². The number of amides is 1. The molecule has 2 heterocycles. The van der Waals surface area contributed by atoms with E-state index in [0.29, 0.717) is 51.9 Å². The number of carbonyl (C=O) groups is 2. The summed E-state index contributed by atoms with van der Waals surface area (Å²) in [6.45, 7) is 3.91. The Bertz CT molecular complexity index is 1160. The second-order valence-corrected chi connectivity index (χ2v) is 8.55. The minimum atomic E-state index is -0.603. The first-order chi connectivity index (χ1) is 16.4. The first kappa shape index (κ1) is 23.4. The quantitative estimate of drug-likeness (QED) is 0.669. The summed E-state index contributed by atoms with van der Waals surface area (Å²) in [5.74, 6) is 1.09. The van der Waals surface area contributed by atoms with Gasteiger partial charge >= 0.3 is 0 Å². The fraction of sp³-hybridized carbons (Fsp3) is 0.346. The van der Waals surface area contributed by atoms with E-state index in [1.165, 1.54) is 21.3 Å². The highest BCUT2D eigenvalue weighted by Crippen LogP contribution is 2.47. The smallest absolute Gasteiger partial charge is 0.255 e. The van der Waals surface area contributed by atoms with E-state index in [2.05, 4.69) is 22.5 Å². The van der Waals surface area contributed by atoms with E-state index >= 15 is 0 Å². The lowest BCUT2D eigenvalue weighted by molar-refractivity contribution is -0.117. The molecule has 1 aliphatic carbocycles. The Kier molecular flexibility index (Phi) is 6.58. The van der Waals surface area contributed by atoms with E-state index in [0.717, 1.165) is 12.1 Å². The van der Waals surface area contributed by atoms with Gasteiger partial charge in [-0.25, -0.2) is 4.98 Å². The van der Waals surface area contributed by atoms with Crippen LogP contribution in [0.1, 0.15) is 38.2 Å². The van der Waals surface area contributed by atoms with Crippen LogP contribution in [0.25, 0.3) is 0 Å². The standard InChI is InChI=1S/C26H29N3O5/c1-14-10-17-24(18(30)11-14)23(16-12-19(32-3)25(34-5)20(13-16)33-4)22(15(2)28-17)26(31)29-21-8-6-7-9-27-21/h6-9,12-14,23,28H,10-11H2,1-5H3,(H,27,29,31)/t14-,23-/m0/s1. The van der Waals surface area contributed by atoms with Gasteiger partial charge < -0.3 is 24.8 Å². The SMILES string of the molecule is COc1cc([C@H]2C(C(=O)Nc3ccccn3)=C(C)NC3=C2C(=O)C[C@@H](C)C3)cc(OC)c1OC. The van der Waals surface area contributed by atoms with Gasteiger partial charge in [-0.2, -0.15) is 0 Å². The summed E-state index contributed by atoms with van der Waals surface area (Å²) in [5.41, 5.74) is 3.30. The van der Waals surface area contributed by atoms with E-state index in [4.69, 9.17) is 14.2 Å². The summed E-state index contributed by atoms with van der Waals surface area (Å²) < 4.78 is 16.6. The average Bonchev–Trinajstić information content (AvgIpc) is 2.82. The molecule has 178 valence electrons. The molecular weight excluding hydrogens is 434 g/mol. The van der Waals surface area contributed by atoms with Crippen LogP contribution in [-0.2, 0) is 9.59 Å². The highest BCUT2D eigenvalue weighted by atomic mass is 16.5. The molecule has 34 heavy (non-hydrogen) atoms. The van der Waals surface area contributed by atoms with Crippen molar-refractivity contribution in [1.29, 1.82) is 0 Å². The first-order valence-electron chi connectivity index (χ1n) is 11.1. The number of pyridine rings is 1. The second-order valence-electron chi connectivity index (χ2n) is 8.55. The van der Waals surface area contributed by atoms with Gasteiger partial charge in [-0.15, -0.1) is 0 Å². The minimum Gasteiger partial charge on any atom is -0.493 e. The van der Waals surface area contributed by atoms with Gasteiger partial charge in [-0.1, -0.05) is 13.0 Å². The third-order valence-corrected chi connectivity index (χ3v) is 6.20. The molecule has 1 aromatic carbocycles. The van der Waals surface area contributed by atoms with Crippen LogP contribution in [0.3, 0.4) is 0 Å². The molecule has 2 aromatic rings. The zero-order chi connectivity index (χ0) is 24.4. The fourth-order valence-corrected chi connectivity index (χ4v) is 4.76. The number of ketones is 1. The number of rotatable bonds is 6. The number of allylic oxidation sites excluding steroid dienone is 3. The summed E-state index contributed by atoms with van der Waals surface area (Å²) in [7, 11) is 4.61. The summed E-state index contributed by atoms with van der Waals surface area (Å²) in [6, 6.07) is 8.90. The molecule has 1 amide bonds. The molecule has 8 nitrogen and oxygen atoms in total. The summed E-state index contributed by atoms with van der Waals surface area (Å²) in [5, 5.41) is 6.22. The van der Waals surface area contributed by atoms with Crippen molar-refractivity contribution in [2.75, 3.05) is 26.6 Å². The number of nitrogens with one attached hydrogen (secondary N) is 2. The van der Waals surface area contributed by atoms with Gasteiger partial charge in [0.2, 0.25) is 5.75 Å². The molecule has 4 rings (SSSR count). The number of hydrogen-bond donors (Lipinski definition) is 2. The lowest BCUT2D eigenvalue weighted by atomic mass is 9.73. The normalized spacial score (nSPS) is 19.9. The molecule has 1 aromatic heterocycles. The minimum absolute atomic E-state index is 0.0237. The van der Waals surface area contributed by atoms with Crippen LogP contribution in [0.5, 0.6) is 17.2 Å². The molecule has 0 radical (unpaired) electrons. The molecule has 0 spiro atoms. The molecule has 2 aliphatic rings. The van der Waals surface area contributed by atoms with Gasteiger partial charge in [0.05, 0.1) is 21.3 Å². The van der Waals surface area contributed by atoms with Crippen LogP contribution in [0.15, 0.2) is 59.1 Å². The Labute approximate surface area is 199 Å². The van der Waals surface area contributed by atoms with E-state index in [1.807, 2.05) is 6.92 Å². The van der Waals surface area contributed by atoms with E-state index in [9.17, 15) is 9.59 Å². The van der Waals surface area contributed by atoms with E-state index in [-0.39, 0.29) is 17.6 Å². The van der Waals surface area contributed by atoms with Gasteiger partial charge in [0, 0.05) is 41.1 Å². The molecule has 0 bridgehead atoms. The Balaban J connectivity index is 1.89.